The van der Waals surface area contributed by atoms with E-state index in [4.69, 9.17) is 14.6 Å². The second-order valence-corrected chi connectivity index (χ2v) is 3.97. The third kappa shape index (κ3) is 4.20. The first-order valence-corrected chi connectivity index (χ1v) is 5.65. The maximum Gasteiger partial charge on any atom is 0.336 e. The highest BCUT2D eigenvalue weighted by Gasteiger charge is 2.18. The van der Waals surface area contributed by atoms with Crippen LogP contribution in [-0.4, -0.2) is 30.4 Å². The molecule has 0 saturated heterocycles. The average Bonchev–Trinajstić information content (AvgIpc) is 2.24. The van der Waals surface area contributed by atoms with Gasteiger partial charge in [-0.05, 0) is 25.1 Å². The molecule has 1 N–H and O–H groups in total. The number of ether oxygens (including phenoxy) is 2. The van der Waals surface area contributed by atoms with Crippen LogP contribution in [0.5, 0.6) is 5.75 Å². The molecule has 0 heterocycles. The monoisotopic (exact) mass is 288 g/mol. The summed E-state index contributed by atoms with van der Waals surface area (Å²) >= 11 is 3.30. The zero-order chi connectivity index (χ0) is 12.0. The van der Waals surface area contributed by atoms with Crippen molar-refractivity contribution in [3.05, 3.63) is 28.7 Å². The molecule has 1 aromatic rings. The Kier molecular flexibility index (Phi) is 5.28. The molecule has 0 amide bonds. The second kappa shape index (κ2) is 6.50. The Labute approximate surface area is 102 Å². The maximum absolute atomic E-state index is 10.8. The van der Waals surface area contributed by atoms with Gasteiger partial charge in [0, 0.05) is 11.1 Å². The van der Waals surface area contributed by atoms with Gasteiger partial charge in [-0.3, -0.25) is 0 Å². The van der Waals surface area contributed by atoms with Gasteiger partial charge in [0.2, 0.25) is 0 Å². The van der Waals surface area contributed by atoms with E-state index in [1.54, 1.807) is 19.1 Å². The molecule has 1 aromatic carbocycles. The molecule has 88 valence electrons. The predicted octanol–water partition coefficient (Wildman–Crippen LogP) is 2.32. The third-order valence-electron chi connectivity index (χ3n) is 1.84. The van der Waals surface area contributed by atoms with Gasteiger partial charge >= 0.3 is 5.97 Å². The van der Waals surface area contributed by atoms with Gasteiger partial charge in [0.15, 0.2) is 6.10 Å². The van der Waals surface area contributed by atoms with Gasteiger partial charge < -0.3 is 14.6 Å². The standard InChI is InChI=1S/C11H13BrO4/c1-2-15-10(11(13)14)7-16-9-5-3-4-8(12)6-9/h3-6,10H,2,7H2,1H3,(H,13,14). The molecule has 0 aromatic heterocycles. The lowest BCUT2D eigenvalue weighted by atomic mass is 10.3. The third-order valence-corrected chi connectivity index (χ3v) is 2.33. The largest absolute Gasteiger partial charge is 0.490 e. The van der Waals surface area contributed by atoms with E-state index in [1.165, 1.54) is 0 Å². The zero-order valence-corrected chi connectivity index (χ0v) is 10.4. The van der Waals surface area contributed by atoms with Gasteiger partial charge in [0.1, 0.15) is 12.4 Å². The molecule has 0 spiro atoms. The zero-order valence-electron chi connectivity index (χ0n) is 8.85. The first kappa shape index (κ1) is 13.0. The molecular formula is C11H13BrO4. The quantitative estimate of drug-likeness (QED) is 0.873. The Balaban J connectivity index is 2.51. The van der Waals surface area contributed by atoms with Gasteiger partial charge in [-0.25, -0.2) is 4.79 Å². The van der Waals surface area contributed by atoms with Crippen molar-refractivity contribution < 1.29 is 19.4 Å². The average molecular weight is 289 g/mol. The van der Waals surface area contributed by atoms with E-state index in [0.29, 0.717) is 12.4 Å². The number of carboxylic acids is 1. The lowest BCUT2D eigenvalue weighted by Gasteiger charge is -2.13. The van der Waals surface area contributed by atoms with E-state index in [9.17, 15) is 4.79 Å². The summed E-state index contributed by atoms with van der Waals surface area (Å²) in [5.74, 6) is -0.405. The number of aliphatic carboxylic acids is 1. The van der Waals surface area contributed by atoms with Crippen molar-refractivity contribution >= 4 is 21.9 Å². The fraction of sp³-hybridized carbons (Fsp3) is 0.364. The van der Waals surface area contributed by atoms with Crippen molar-refractivity contribution in [1.29, 1.82) is 0 Å². The summed E-state index contributed by atoms with van der Waals surface area (Å²) in [5, 5.41) is 8.82. The normalized spacial score (nSPS) is 12.1. The summed E-state index contributed by atoms with van der Waals surface area (Å²) in [4.78, 5) is 10.8. The highest BCUT2D eigenvalue weighted by molar-refractivity contribution is 9.10. The Morgan fingerprint density at radius 2 is 2.31 bits per heavy atom. The highest BCUT2D eigenvalue weighted by Crippen LogP contribution is 2.17. The molecule has 4 nitrogen and oxygen atoms in total. The molecule has 0 bridgehead atoms. The fourth-order valence-electron chi connectivity index (χ4n) is 1.12. The minimum atomic E-state index is -1.02. The van der Waals surface area contributed by atoms with E-state index >= 15 is 0 Å². The van der Waals surface area contributed by atoms with Gasteiger partial charge in [-0.15, -0.1) is 0 Å². The van der Waals surface area contributed by atoms with Crippen molar-refractivity contribution in [3.63, 3.8) is 0 Å². The molecule has 0 saturated carbocycles. The molecule has 5 heteroatoms. The molecule has 0 aliphatic rings. The van der Waals surface area contributed by atoms with E-state index < -0.39 is 12.1 Å². The summed E-state index contributed by atoms with van der Waals surface area (Å²) in [6, 6.07) is 7.21. The molecular weight excluding hydrogens is 276 g/mol. The molecule has 1 rings (SSSR count). The van der Waals surface area contributed by atoms with Crippen LogP contribution >= 0.6 is 15.9 Å². The van der Waals surface area contributed by atoms with Crippen LogP contribution in [-0.2, 0) is 9.53 Å². The van der Waals surface area contributed by atoms with Crippen LogP contribution in [0.1, 0.15) is 6.92 Å². The molecule has 1 atom stereocenters. The minimum absolute atomic E-state index is 0.000370. The lowest BCUT2D eigenvalue weighted by molar-refractivity contribution is -0.152. The maximum atomic E-state index is 10.8. The van der Waals surface area contributed by atoms with E-state index in [2.05, 4.69) is 15.9 Å². The smallest absolute Gasteiger partial charge is 0.336 e. The van der Waals surface area contributed by atoms with Crippen LogP contribution in [0.4, 0.5) is 0 Å². The van der Waals surface area contributed by atoms with Crippen LogP contribution in [0, 0.1) is 0 Å². The molecule has 0 fully saturated rings. The summed E-state index contributed by atoms with van der Waals surface area (Å²) in [6.45, 7) is 2.09. The number of benzene rings is 1. The lowest BCUT2D eigenvalue weighted by Crippen LogP contribution is -2.30. The van der Waals surface area contributed by atoms with E-state index in [-0.39, 0.29) is 6.61 Å². The van der Waals surface area contributed by atoms with E-state index in [0.717, 1.165) is 4.47 Å². The summed E-state index contributed by atoms with van der Waals surface area (Å²) < 4.78 is 11.2. The Morgan fingerprint density at radius 3 is 2.88 bits per heavy atom. The van der Waals surface area contributed by atoms with Crippen molar-refractivity contribution in [2.75, 3.05) is 13.2 Å². The number of rotatable bonds is 6. The Hall–Kier alpha value is -1.07. The highest BCUT2D eigenvalue weighted by atomic mass is 79.9. The van der Waals surface area contributed by atoms with Crippen molar-refractivity contribution in [1.82, 2.24) is 0 Å². The van der Waals surface area contributed by atoms with Crippen LogP contribution in [0.2, 0.25) is 0 Å². The van der Waals surface area contributed by atoms with Gasteiger partial charge in [-0.1, -0.05) is 22.0 Å². The van der Waals surface area contributed by atoms with Gasteiger partial charge in [0.05, 0.1) is 0 Å². The number of hydrogen-bond donors (Lipinski definition) is 1. The predicted molar refractivity (Wildman–Crippen MR) is 62.7 cm³/mol. The van der Waals surface area contributed by atoms with Crippen LogP contribution in [0.25, 0.3) is 0 Å². The van der Waals surface area contributed by atoms with Crippen molar-refractivity contribution in [2.45, 2.75) is 13.0 Å². The first-order chi connectivity index (χ1) is 7.63. The SMILES string of the molecule is CCOC(COc1cccc(Br)c1)C(=O)O. The fourth-order valence-corrected chi connectivity index (χ4v) is 1.50. The number of carboxylic acid groups (broad SMARTS) is 1. The Bertz CT molecular complexity index is 354. The van der Waals surface area contributed by atoms with Crippen molar-refractivity contribution in [2.24, 2.45) is 0 Å². The summed E-state index contributed by atoms with van der Waals surface area (Å²) in [6.07, 6.45) is -0.927. The van der Waals surface area contributed by atoms with Gasteiger partial charge in [-0.2, -0.15) is 0 Å². The van der Waals surface area contributed by atoms with Gasteiger partial charge in [0.25, 0.3) is 0 Å². The number of carbonyl (C=O) groups is 1. The molecule has 0 aliphatic heterocycles. The molecule has 0 aliphatic carbocycles. The summed E-state index contributed by atoms with van der Waals surface area (Å²) in [7, 11) is 0. The minimum Gasteiger partial charge on any atom is -0.490 e. The van der Waals surface area contributed by atoms with Crippen LogP contribution in [0.3, 0.4) is 0 Å². The van der Waals surface area contributed by atoms with Crippen molar-refractivity contribution in [3.8, 4) is 5.75 Å². The topological polar surface area (TPSA) is 55.8 Å². The summed E-state index contributed by atoms with van der Waals surface area (Å²) in [5.41, 5.74) is 0. The molecule has 1 unspecified atom stereocenters. The van der Waals surface area contributed by atoms with E-state index in [1.807, 2.05) is 12.1 Å². The second-order valence-electron chi connectivity index (χ2n) is 3.05. The van der Waals surface area contributed by atoms with Crippen LogP contribution < -0.4 is 4.74 Å². The number of hydrogen-bond acceptors (Lipinski definition) is 3. The number of halogens is 1. The van der Waals surface area contributed by atoms with Crippen LogP contribution in [0.15, 0.2) is 28.7 Å². The Morgan fingerprint density at radius 1 is 1.56 bits per heavy atom. The molecule has 0 radical (unpaired) electrons. The first-order valence-electron chi connectivity index (χ1n) is 4.86. The molecule has 16 heavy (non-hydrogen) atoms.